The van der Waals surface area contributed by atoms with Crippen LogP contribution in [0.4, 0.5) is 5.69 Å². The molecular formula is C12H20N4OS. The SMILES string of the molecule is CSCCCCCNC(=O)c1cc(NN)ccn1. The Kier molecular flexibility index (Phi) is 7.20. The zero-order valence-corrected chi connectivity index (χ0v) is 11.4. The van der Waals surface area contributed by atoms with Crippen LogP contribution < -0.4 is 16.6 Å². The fourth-order valence-corrected chi connectivity index (χ4v) is 1.98. The summed E-state index contributed by atoms with van der Waals surface area (Å²) in [6, 6.07) is 3.34. The third kappa shape index (κ3) is 5.37. The van der Waals surface area contributed by atoms with Gasteiger partial charge in [-0.15, -0.1) is 0 Å². The van der Waals surface area contributed by atoms with E-state index in [1.807, 2.05) is 11.8 Å². The van der Waals surface area contributed by atoms with E-state index in [0.29, 0.717) is 17.9 Å². The molecule has 0 aliphatic rings. The van der Waals surface area contributed by atoms with Gasteiger partial charge in [-0.2, -0.15) is 11.8 Å². The molecule has 1 amide bonds. The lowest BCUT2D eigenvalue weighted by molar-refractivity contribution is 0.0948. The van der Waals surface area contributed by atoms with E-state index in [-0.39, 0.29) is 5.91 Å². The molecule has 1 aromatic heterocycles. The Morgan fingerprint density at radius 2 is 2.28 bits per heavy atom. The molecule has 4 N–H and O–H groups in total. The Labute approximate surface area is 112 Å². The van der Waals surface area contributed by atoms with Gasteiger partial charge in [0.25, 0.3) is 5.91 Å². The molecule has 1 rings (SSSR count). The molecule has 0 aliphatic carbocycles. The Bertz CT molecular complexity index is 373. The predicted octanol–water partition coefficient (Wildman–Crippen LogP) is 1.63. The molecule has 0 fully saturated rings. The minimum atomic E-state index is -0.156. The number of nitrogens with one attached hydrogen (secondary N) is 2. The number of pyridine rings is 1. The van der Waals surface area contributed by atoms with E-state index in [0.717, 1.165) is 12.8 Å². The standard InChI is InChI=1S/C12H20N4OS/c1-18-8-4-2-3-6-15-12(17)11-9-10(16-13)5-7-14-11/h5,7,9H,2-4,6,8,13H2,1H3,(H,14,16)(H,15,17). The summed E-state index contributed by atoms with van der Waals surface area (Å²) in [5.41, 5.74) is 3.55. The summed E-state index contributed by atoms with van der Waals surface area (Å²) in [4.78, 5) is 15.8. The van der Waals surface area contributed by atoms with Crippen molar-refractivity contribution in [2.45, 2.75) is 19.3 Å². The number of unbranched alkanes of at least 4 members (excludes halogenated alkanes) is 2. The number of nitrogens with zero attached hydrogens (tertiary/aromatic N) is 1. The number of rotatable bonds is 8. The second-order valence-corrected chi connectivity index (χ2v) is 4.87. The zero-order chi connectivity index (χ0) is 13.2. The van der Waals surface area contributed by atoms with Crippen molar-refractivity contribution in [1.29, 1.82) is 0 Å². The van der Waals surface area contributed by atoms with Crippen LogP contribution in [0.1, 0.15) is 29.8 Å². The lowest BCUT2D eigenvalue weighted by atomic mass is 10.2. The highest BCUT2D eigenvalue weighted by molar-refractivity contribution is 7.98. The number of aromatic nitrogens is 1. The lowest BCUT2D eigenvalue weighted by Gasteiger charge is -2.05. The highest BCUT2D eigenvalue weighted by Gasteiger charge is 2.06. The van der Waals surface area contributed by atoms with E-state index in [1.54, 1.807) is 18.3 Å². The van der Waals surface area contributed by atoms with Gasteiger partial charge >= 0.3 is 0 Å². The van der Waals surface area contributed by atoms with Gasteiger partial charge < -0.3 is 10.7 Å². The second-order valence-electron chi connectivity index (χ2n) is 3.88. The smallest absolute Gasteiger partial charge is 0.269 e. The van der Waals surface area contributed by atoms with Crippen molar-refractivity contribution in [1.82, 2.24) is 10.3 Å². The van der Waals surface area contributed by atoms with Gasteiger partial charge in [-0.05, 0) is 37.0 Å². The van der Waals surface area contributed by atoms with Gasteiger partial charge in [0.1, 0.15) is 5.69 Å². The van der Waals surface area contributed by atoms with Crippen molar-refractivity contribution in [2.24, 2.45) is 5.84 Å². The molecule has 0 radical (unpaired) electrons. The van der Waals surface area contributed by atoms with Crippen molar-refractivity contribution in [2.75, 3.05) is 24.0 Å². The molecular weight excluding hydrogens is 248 g/mol. The van der Waals surface area contributed by atoms with Gasteiger partial charge in [-0.3, -0.25) is 15.6 Å². The zero-order valence-electron chi connectivity index (χ0n) is 10.6. The van der Waals surface area contributed by atoms with Crippen LogP contribution in [0.2, 0.25) is 0 Å². The fourth-order valence-electron chi connectivity index (χ4n) is 1.49. The number of hydrazine groups is 1. The maximum atomic E-state index is 11.8. The molecule has 0 saturated heterocycles. The first-order valence-electron chi connectivity index (χ1n) is 5.97. The third-order valence-electron chi connectivity index (χ3n) is 2.47. The molecule has 0 bridgehead atoms. The van der Waals surface area contributed by atoms with Crippen LogP contribution in [-0.4, -0.2) is 29.4 Å². The summed E-state index contributed by atoms with van der Waals surface area (Å²) in [6.45, 7) is 0.690. The summed E-state index contributed by atoms with van der Waals surface area (Å²) in [6.07, 6.45) is 7.00. The van der Waals surface area contributed by atoms with Crippen molar-refractivity contribution in [3.05, 3.63) is 24.0 Å². The number of nitrogens with two attached hydrogens (primary N) is 1. The number of thioether (sulfide) groups is 1. The van der Waals surface area contributed by atoms with Gasteiger partial charge in [0, 0.05) is 12.7 Å². The first-order valence-corrected chi connectivity index (χ1v) is 7.37. The van der Waals surface area contributed by atoms with Crippen LogP contribution in [0.5, 0.6) is 0 Å². The van der Waals surface area contributed by atoms with Crippen molar-refractivity contribution in [3.63, 3.8) is 0 Å². The largest absolute Gasteiger partial charge is 0.351 e. The van der Waals surface area contributed by atoms with Gasteiger partial charge in [0.2, 0.25) is 0 Å². The highest BCUT2D eigenvalue weighted by atomic mass is 32.2. The number of anilines is 1. The number of hydrogen-bond donors (Lipinski definition) is 3. The Balaban J connectivity index is 2.27. The van der Waals surface area contributed by atoms with Gasteiger partial charge in [0.05, 0.1) is 5.69 Å². The van der Waals surface area contributed by atoms with E-state index in [1.165, 1.54) is 12.2 Å². The molecule has 0 saturated carbocycles. The number of carbonyl (C=O) groups is 1. The average molecular weight is 268 g/mol. The lowest BCUT2D eigenvalue weighted by Crippen LogP contribution is -2.25. The summed E-state index contributed by atoms with van der Waals surface area (Å²) in [5.74, 6) is 6.30. The molecule has 100 valence electrons. The molecule has 1 heterocycles. The van der Waals surface area contributed by atoms with Crippen LogP contribution >= 0.6 is 11.8 Å². The highest BCUT2D eigenvalue weighted by Crippen LogP contribution is 2.06. The Hall–Kier alpha value is -1.27. The van der Waals surface area contributed by atoms with Crippen LogP contribution in [0, 0.1) is 0 Å². The monoisotopic (exact) mass is 268 g/mol. The molecule has 1 aromatic rings. The number of hydrogen-bond acceptors (Lipinski definition) is 5. The van der Waals surface area contributed by atoms with E-state index >= 15 is 0 Å². The molecule has 0 spiro atoms. The third-order valence-corrected chi connectivity index (χ3v) is 3.17. The summed E-state index contributed by atoms with van der Waals surface area (Å²) >= 11 is 1.85. The van der Waals surface area contributed by atoms with Gasteiger partial charge in [0.15, 0.2) is 0 Å². The van der Waals surface area contributed by atoms with Crippen molar-refractivity contribution in [3.8, 4) is 0 Å². The summed E-state index contributed by atoms with van der Waals surface area (Å²) < 4.78 is 0. The minimum Gasteiger partial charge on any atom is -0.351 e. The van der Waals surface area contributed by atoms with Crippen LogP contribution in [0.25, 0.3) is 0 Å². The van der Waals surface area contributed by atoms with E-state index in [4.69, 9.17) is 5.84 Å². The summed E-state index contributed by atoms with van der Waals surface area (Å²) in [5, 5.41) is 2.85. The first-order chi connectivity index (χ1) is 8.77. The van der Waals surface area contributed by atoms with Crippen LogP contribution in [-0.2, 0) is 0 Å². The van der Waals surface area contributed by atoms with Gasteiger partial charge in [-0.25, -0.2) is 0 Å². The van der Waals surface area contributed by atoms with Crippen LogP contribution in [0.3, 0.4) is 0 Å². The van der Waals surface area contributed by atoms with Crippen LogP contribution in [0.15, 0.2) is 18.3 Å². The molecule has 18 heavy (non-hydrogen) atoms. The van der Waals surface area contributed by atoms with Crippen molar-refractivity contribution < 1.29 is 4.79 Å². The maximum Gasteiger partial charge on any atom is 0.269 e. The quantitative estimate of drug-likeness (QED) is 0.379. The van der Waals surface area contributed by atoms with Gasteiger partial charge in [-0.1, -0.05) is 6.42 Å². The number of nitrogen functional groups attached to an aromatic ring is 1. The second kappa shape index (κ2) is 8.77. The average Bonchev–Trinajstić information content (AvgIpc) is 2.42. The Morgan fingerprint density at radius 3 is 3.00 bits per heavy atom. The molecule has 6 heteroatoms. The predicted molar refractivity (Wildman–Crippen MR) is 76.6 cm³/mol. The first kappa shape index (κ1) is 14.8. The Morgan fingerprint density at radius 1 is 1.44 bits per heavy atom. The topological polar surface area (TPSA) is 80.0 Å². The maximum absolute atomic E-state index is 11.8. The number of carbonyl (C=O) groups excluding carboxylic acids is 1. The summed E-state index contributed by atoms with van der Waals surface area (Å²) in [7, 11) is 0. The molecule has 0 unspecified atom stereocenters. The normalized spacial score (nSPS) is 10.1. The van der Waals surface area contributed by atoms with E-state index < -0.39 is 0 Å². The molecule has 5 nitrogen and oxygen atoms in total. The molecule has 0 aliphatic heterocycles. The minimum absolute atomic E-state index is 0.156. The molecule has 0 aromatic carbocycles. The van der Waals surface area contributed by atoms with Crippen molar-refractivity contribution >= 4 is 23.4 Å². The van der Waals surface area contributed by atoms with E-state index in [2.05, 4.69) is 22.0 Å². The fraction of sp³-hybridized carbons (Fsp3) is 0.500. The molecule has 0 atom stereocenters. The van der Waals surface area contributed by atoms with E-state index in [9.17, 15) is 4.79 Å². The number of amides is 1.